The highest BCUT2D eigenvalue weighted by atomic mass is 35.5. The van der Waals surface area contributed by atoms with Crippen LogP contribution in [-0.2, 0) is 0 Å². The molecule has 2 aromatic rings. The van der Waals surface area contributed by atoms with Crippen molar-refractivity contribution < 1.29 is 0 Å². The van der Waals surface area contributed by atoms with E-state index in [-0.39, 0.29) is 6.04 Å². The highest BCUT2D eigenvalue weighted by Gasteiger charge is 2.26. The Morgan fingerprint density at radius 2 is 1.60 bits per heavy atom. The van der Waals surface area contributed by atoms with E-state index in [1.165, 1.54) is 27.9 Å². The minimum atomic E-state index is -0.0389. The van der Waals surface area contributed by atoms with Crippen molar-refractivity contribution in [2.75, 3.05) is 18.0 Å². The second kappa shape index (κ2) is 5.12. The number of anilines is 1. The third kappa shape index (κ3) is 2.00. The van der Waals surface area contributed by atoms with E-state index in [2.05, 4.69) is 36.9 Å². The van der Waals surface area contributed by atoms with Gasteiger partial charge < -0.3 is 10.6 Å². The number of rotatable bonds is 3. The zero-order valence-corrected chi connectivity index (χ0v) is 12.6. The summed E-state index contributed by atoms with van der Waals surface area (Å²) in [4.78, 5) is 2.34. The quantitative estimate of drug-likeness (QED) is 0.915. The van der Waals surface area contributed by atoms with E-state index in [4.69, 9.17) is 17.3 Å². The lowest BCUT2D eigenvalue weighted by atomic mass is 10.0. The zero-order chi connectivity index (χ0) is 14.3. The molecule has 104 valence electrons. The first kappa shape index (κ1) is 13.5. The first-order valence-electron chi connectivity index (χ1n) is 7.10. The summed E-state index contributed by atoms with van der Waals surface area (Å²) < 4.78 is 0. The molecule has 1 unspecified atom stereocenters. The van der Waals surface area contributed by atoms with Gasteiger partial charge in [0.2, 0.25) is 0 Å². The molecule has 2 aromatic carbocycles. The van der Waals surface area contributed by atoms with Crippen LogP contribution in [0, 0.1) is 0 Å². The minimum absolute atomic E-state index is 0.0389. The van der Waals surface area contributed by atoms with E-state index in [0.717, 1.165) is 18.1 Å². The molecule has 0 heterocycles. The first-order chi connectivity index (χ1) is 9.65. The molecule has 3 heteroatoms. The molecule has 0 radical (unpaired) electrons. The molecule has 2 N–H and O–H groups in total. The predicted molar refractivity (Wildman–Crippen MR) is 86.5 cm³/mol. The van der Waals surface area contributed by atoms with Crippen molar-refractivity contribution in [1.29, 1.82) is 0 Å². The number of halogens is 1. The summed E-state index contributed by atoms with van der Waals surface area (Å²) in [5, 5.41) is 0.761. The third-order valence-electron chi connectivity index (χ3n) is 4.14. The Labute approximate surface area is 125 Å². The smallest absolute Gasteiger partial charge is 0.0563 e. The van der Waals surface area contributed by atoms with E-state index in [1.54, 1.807) is 0 Å². The second-order valence-corrected chi connectivity index (χ2v) is 5.59. The fourth-order valence-corrected chi connectivity index (χ4v) is 3.21. The lowest BCUT2D eigenvalue weighted by Gasteiger charge is -2.22. The van der Waals surface area contributed by atoms with Crippen LogP contribution in [0.25, 0.3) is 11.1 Å². The Morgan fingerprint density at radius 3 is 2.25 bits per heavy atom. The van der Waals surface area contributed by atoms with Gasteiger partial charge in [0.15, 0.2) is 0 Å². The maximum Gasteiger partial charge on any atom is 0.0563 e. The number of benzene rings is 2. The summed E-state index contributed by atoms with van der Waals surface area (Å²) in [5.74, 6) is 0. The van der Waals surface area contributed by atoms with Crippen LogP contribution in [0.1, 0.15) is 31.0 Å². The van der Waals surface area contributed by atoms with E-state index < -0.39 is 0 Å². The molecule has 3 rings (SSSR count). The molecule has 0 amide bonds. The summed E-state index contributed by atoms with van der Waals surface area (Å²) in [5.41, 5.74) is 12.3. The van der Waals surface area contributed by atoms with Gasteiger partial charge >= 0.3 is 0 Å². The molecular formula is C17H19ClN2. The monoisotopic (exact) mass is 286 g/mol. The molecule has 0 saturated carbocycles. The summed E-state index contributed by atoms with van der Waals surface area (Å²) in [7, 11) is 0. The Bertz CT molecular complexity index is 647. The van der Waals surface area contributed by atoms with Gasteiger partial charge in [-0.3, -0.25) is 0 Å². The Hall–Kier alpha value is -1.51. The molecule has 1 aliphatic carbocycles. The van der Waals surface area contributed by atoms with Gasteiger partial charge in [0.05, 0.1) is 6.04 Å². The van der Waals surface area contributed by atoms with Crippen molar-refractivity contribution in [3.63, 3.8) is 0 Å². The first-order valence-corrected chi connectivity index (χ1v) is 7.47. The highest BCUT2D eigenvalue weighted by Crippen LogP contribution is 2.44. The molecule has 2 nitrogen and oxygen atoms in total. The largest absolute Gasteiger partial charge is 0.372 e. The Balaban J connectivity index is 2.15. The predicted octanol–water partition coefficient (Wildman–Crippen LogP) is 4.21. The zero-order valence-electron chi connectivity index (χ0n) is 11.9. The fourth-order valence-electron chi connectivity index (χ4n) is 3.03. The average molecular weight is 287 g/mol. The van der Waals surface area contributed by atoms with Gasteiger partial charge in [0.25, 0.3) is 0 Å². The van der Waals surface area contributed by atoms with Crippen molar-refractivity contribution in [2.45, 2.75) is 19.9 Å². The summed E-state index contributed by atoms with van der Waals surface area (Å²) in [6.45, 7) is 6.36. The Morgan fingerprint density at radius 1 is 1.00 bits per heavy atom. The molecule has 20 heavy (non-hydrogen) atoms. The molecule has 0 bridgehead atoms. The minimum Gasteiger partial charge on any atom is -0.372 e. The SMILES string of the molecule is CCN(CC)c1ccc2c(c1)-c1cc(Cl)ccc1C2N. The van der Waals surface area contributed by atoms with Gasteiger partial charge in [-0.25, -0.2) is 0 Å². The molecule has 1 aliphatic rings. The maximum atomic E-state index is 6.34. The van der Waals surface area contributed by atoms with Crippen molar-refractivity contribution in [3.05, 3.63) is 52.5 Å². The lowest BCUT2D eigenvalue weighted by molar-refractivity contribution is 0.863. The summed E-state index contributed by atoms with van der Waals surface area (Å²) >= 11 is 6.14. The highest BCUT2D eigenvalue weighted by molar-refractivity contribution is 6.31. The average Bonchev–Trinajstić information content (AvgIpc) is 2.73. The van der Waals surface area contributed by atoms with Gasteiger partial charge in [-0.1, -0.05) is 23.7 Å². The third-order valence-corrected chi connectivity index (χ3v) is 4.38. The van der Waals surface area contributed by atoms with Gasteiger partial charge in [0.1, 0.15) is 0 Å². The fraction of sp³-hybridized carbons (Fsp3) is 0.294. The molecule has 0 fully saturated rings. The van der Waals surface area contributed by atoms with Crippen LogP contribution in [0.15, 0.2) is 36.4 Å². The molecule has 0 aliphatic heterocycles. The van der Waals surface area contributed by atoms with Crippen molar-refractivity contribution in [2.24, 2.45) is 5.73 Å². The van der Waals surface area contributed by atoms with Crippen LogP contribution in [0.3, 0.4) is 0 Å². The lowest BCUT2D eigenvalue weighted by Crippen LogP contribution is -2.21. The van der Waals surface area contributed by atoms with Crippen LogP contribution in [0.5, 0.6) is 0 Å². The van der Waals surface area contributed by atoms with Crippen molar-refractivity contribution >= 4 is 17.3 Å². The number of nitrogens with two attached hydrogens (primary N) is 1. The van der Waals surface area contributed by atoms with Crippen LogP contribution in [-0.4, -0.2) is 13.1 Å². The molecule has 0 spiro atoms. The molecule has 0 saturated heterocycles. The summed E-state index contributed by atoms with van der Waals surface area (Å²) in [6.07, 6.45) is 0. The normalized spacial score (nSPS) is 15.9. The number of fused-ring (bicyclic) bond motifs is 3. The van der Waals surface area contributed by atoms with Gasteiger partial charge in [-0.05, 0) is 60.4 Å². The number of nitrogens with zero attached hydrogens (tertiary/aromatic N) is 1. The maximum absolute atomic E-state index is 6.34. The molecule has 0 aromatic heterocycles. The van der Waals surface area contributed by atoms with Crippen LogP contribution < -0.4 is 10.6 Å². The van der Waals surface area contributed by atoms with Crippen LogP contribution in [0.4, 0.5) is 5.69 Å². The van der Waals surface area contributed by atoms with Crippen LogP contribution >= 0.6 is 11.6 Å². The van der Waals surface area contributed by atoms with Crippen molar-refractivity contribution in [3.8, 4) is 11.1 Å². The summed E-state index contributed by atoms with van der Waals surface area (Å²) in [6, 6.07) is 12.5. The van der Waals surface area contributed by atoms with Gasteiger partial charge in [-0.2, -0.15) is 0 Å². The van der Waals surface area contributed by atoms with Gasteiger partial charge in [-0.15, -0.1) is 0 Å². The van der Waals surface area contributed by atoms with E-state index >= 15 is 0 Å². The standard InChI is InChI=1S/C17H19ClN2/c1-3-20(4-2)12-6-8-14-16(10-12)15-9-11(18)5-7-13(15)17(14)19/h5-10,17H,3-4,19H2,1-2H3. The van der Waals surface area contributed by atoms with E-state index in [1.807, 2.05) is 18.2 Å². The van der Waals surface area contributed by atoms with E-state index in [9.17, 15) is 0 Å². The molecule has 1 atom stereocenters. The number of hydrogen-bond acceptors (Lipinski definition) is 2. The van der Waals surface area contributed by atoms with Crippen LogP contribution in [0.2, 0.25) is 5.02 Å². The van der Waals surface area contributed by atoms with E-state index in [0.29, 0.717) is 0 Å². The second-order valence-electron chi connectivity index (χ2n) is 5.15. The topological polar surface area (TPSA) is 29.3 Å². The van der Waals surface area contributed by atoms with Gasteiger partial charge in [0, 0.05) is 23.8 Å². The number of hydrogen-bond donors (Lipinski definition) is 1. The Kier molecular flexibility index (Phi) is 3.45. The molecular weight excluding hydrogens is 268 g/mol. The van der Waals surface area contributed by atoms with Crippen molar-refractivity contribution in [1.82, 2.24) is 0 Å².